The average Bonchev–Trinajstić information content (AvgIpc) is 2.72. The molecule has 0 radical (unpaired) electrons. The van der Waals surface area contributed by atoms with Gasteiger partial charge in [0, 0.05) is 38.8 Å². The lowest BCUT2D eigenvalue weighted by Crippen LogP contribution is -2.48. The molecule has 0 bridgehead atoms. The molecule has 1 aromatic rings. The molecule has 0 unspecified atom stereocenters. The lowest BCUT2D eigenvalue weighted by atomic mass is 10.1. The van der Waals surface area contributed by atoms with E-state index < -0.39 is 0 Å². The van der Waals surface area contributed by atoms with Gasteiger partial charge in [-0.25, -0.2) is 9.78 Å². The van der Waals surface area contributed by atoms with Gasteiger partial charge in [0.25, 0.3) is 0 Å². The van der Waals surface area contributed by atoms with Crippen LogP contribution >= 0.6 is 0 Å². The minimum Gasteiger partial charge on any atom is -0.377 e. The van der Waals surface area contributed by atoms with Crippen LogP contribution in [-0.4, -0.2) is 90.1 Å². The number of likely N-dealkylation sites (N-methyl/N-ethyl adjacent to an activating group) is 1. The summed E-state index contributed by atoms with van der Waals surface area (Å²) in [6.07, 6.45) is 0. The van der Waals surface area contributed by atoms with Crippen molar-refractivity contribution < 1.29 is 24.1 Å². The molecule has 0 spiro atoms. The standard InChI is InChI=1S/C19H33N3O5/c1-20-19(18-6-4-3-5-7-18)16-21-8-10-22(11-9-21)26-15-14-24-12-13-25-17-27-23-2/h3-7,19-20H,8-17H2,1-2H3/t19-/m1/s1. The van der Waals surface area contributed by atoms with Gasteiger partial charge in [0.1, 0.15) is 0 Å². The number of rotatable bonds is 14. The minimum atomic E-state index is 0.110. The molecule has 8 heteroatoms. The highest BCUT2D eigenvalue weighted by Crippen LogP contribution is 2.15. The molecule has 27 heavy (non-hydrogen) atoms. The Morgan fingerprint density at radius 3 is 2.37 bits per heavy atom. The Hall–Kier alpha value is -1.10. The van der Waals surface area contributed by atoms with Crippen LogP contribution in [0.25, 0.3) is 0 Å². The van der Waals surface area contributed by atoms with Crippen molar-refractivity contribution >= 4 is 0 Å². The van der Waals surface area contributed by atoms with Gasteiger partial charge in [0.15, 0.2) is 6.79 Å². The number of benzene rings is 1. The minimum absolute atomic E-state index is 0.110. The largest absolute Gasteiger partial charge is 0.377 e. The van der Waals surface area contributed by atoms with Crippen LogP contribution in [0, 0.1) is 0 Å². The van der Waals surface area contributed by atoms with Gasteiger partial charge < -0.3 is 14.8 Å². The molecule has 2 rings (SSSR count). The molecule has 1 atom stereocenters. The summed E-state index contributed by atoms with van der Waals surface area (Å²) in [5, 5.41) is 5.45. The topological polar surface area (TPSA) is 64.7 Å². The zero-order valence-corrected chi connectivity index (χ0v) is 16.5. The number of ether oxygens (including phenoxy) is 2. The Balaban J connectivity index is 1.51. The first-order valence-corrected chi connectivity index (χ1v) is 9.47. The molecule has 1 fully saturated rings. The first kappa shape index (κ1) is 22.2. The fourth-order valence-corrected chi connectivity index (χ4v) is 2.93. The summed E-state index contributed by atoms with van der Waals surface area (Å²) in [5.41, 5.74) is 1.33. The summed E-state index contributed by atoms with van der Waals surface area (Å²) in [5.74, 6) is 0. The van der Waals surface area contributed by atoms with E-state index in [2.05, 4.69) is 50.3 Å². The van der Waals surface area contributed by atoms with Crippen LogP contribution in [0.3, 0.4) is 0 Å². The van der Waals surface area contributed by atoms with Gasteiger partial charge in [-0.1, -0.05) is 30.3 Å². The Bertz CT molecular complexity index is 472. The molecule has 1 saturated heterocycles. The molecule has 0 aliphatic carbocycles. The highest BCUT2D eigenvalue weighted by Gasteiger charge is 2.20. The van der Waals surface area contributed by atoms with Crippen molar-refractivity contribution in [2.75, 3.05) is 80.1 Å². The number of hydrogen-bond acceptors (Lipinski definition) is 8. The molecule has 1 heterocycles. The summed E-state index contributed by atoms with van der Waals surface area (Å²) in [7, 11) is 3.46. The van der Waals surface area contributed by atoms with Crippen LogP contribution in [0.15, 0.2) is 30.3 Å². The second-order valence-corrected chi connectivity index (χ2v) is 6.24. The van der Waals surface area contributed by atoms with Gasteiger partial charge in [-0.2, -0.15) is 5.06 Å². The summed E-state index contributed by atoms with van der Waals surface area (Å²) < 4.78 is 10.6. The van der Waals surface area contributed by atoms with Gasteiger partial charge >= 0.3 is 0 Å². The average molecular weight is 383 g/mol. The Morgan fingerprint density at radius 2 is 1.67 bits per heavy atom. The van der Waals surface area contributed by atoms with E-state index in [0.717, 1.165) is 32.7 Å². The molecule has 1 aromatic carbocycles. The van der Waals surface area contributed by atoms with Crippen molar-refractivity contribution in [2.24, 2.45) is 0 Å². The Labute approximate surface area is 162 Å². The lowest BCUT2D eigenvalue weighted by molar-refractivity contribution is -0.319. The molecule has 8 nitrogen and oxygen atoms in total. The zero-order valence-electron chi connectivity index (χ0n) is 16.5. The third kappa shape index (κ3) is 9.09. The van der Waals surface area contributed by atoms with Gasteiger partial charge in [0.05, 0.1) is 33.5 Å². The highest BCUT2D eigenvalue weighted by atomic mass is 17.2. The van der Waals surface area contributed by atoms with Crippen molar-refractivity contribution in [1.29, 1.82) is 0 Å². The fraction of sp³-hybridized carbons (Fsp3) is 0.684. The summed E-state index contributed by atoms with van der Waals surface area (Å²) >= 11 is 0. The number of nitrogens with one attached hydrogen (secondary N) is 1. The van der Waals surface area contributed by atoms with Gasteiger partial charge in [-0.05, 0) is 12.6 Å². The molecular formula is C19H33N3O5. The maximum Gasteiger partial charge on any atom is 0.180 e. The summed E-state index contributed by atoms with van der Waals surface area (Å²) in [4.78, 5) is 17.3. The first-order valence-electron chi connectivity index (χ1n) is 9.47. The number of nitrogens with zero attached hydrogens (tertiary/aromatic N) is 2. The van der Waals surface area contributed by atoms with Gasteiger partial charge in [-0.15, -0.1) is 0 Å². The van der Waals surface area contributed by atoms with Crippen LogP contribution in [0.5, 0.6) is 0 Å². The van der Waals surface area contributed by atoms with Crippen molar-refractivity contribution in [3.8, 4) is 0 Å². The van der Waals surface area contributed by atoms with Crippen LogP contribution in [0.4, 0.5) is 0 Å². The van der Waals surface area contributed by atoms with E-state index in [4.69, 9.17) is 14.3 Å². The summed E-state index contributed by atoms with van der Waals surface area (Å²) in [6.45, 7) is 7.00. The maximum atomic E-state index is 5.77. The molecular weight excluding hydrogens is 350 g/mol. The zero-order chi connectivity index (χ0) is 19.2. The Morgan fingerprint density at radius 1 is 0.963 bits per heavy atom. The number of piperazine rings is 1. The van der Waals surface area contributed by atoms with E-state index in [1.165, 1.54) is 12.7 Å². The molecule has 1 aliphatic heterocycles. The normalized spacial score (nSPS) is 17.3. The molecule has 0 saturated carbocycles. The van der Waals surface area contributed by atoms with E-state index in [9.17, 15) is 0 Å². The third-order valence-corrected chi connectivity index (χ3v) is 4.45. The first-order chi connectivity index (χ1) is 13.3. The summed E-state index contributed by atoms with van der Waals surface area (Å²) in [6, 6.07) is 10.9. The third-order valence-electron chi connectivity index (χ3n) is 4.45. The van der Waals surface area contributed by atoms with E-state index in [1.54, 1.807) is 0 Å². The van der Waals surface area contributed by atoms with Crippen LogP contribution in [0.1, 0.15) is 11.6 Å². The molecule has 1 N–H and O–H groups in total. The monoisotopic (exact) mass is 383 g/mol. The van der Waals surface area contributed by atoms with Crippen molar-refractivity contribution in [2.45, 2.75) is 6.04 Å². The lowest BCUT2D eigenvalue weighted by Gasteiger charge is -2.35. The van der Waals surface area contributed by atoms with Crippen molar-refractivity contribution in [3.63, 3.8) is 0 Å². The maximum absolute atomic E-state index is 5.77. The van der Waals surface area contributed by atoms with Crippen LogP contribution < -0.4 is 5.32 Å². The highest BCUT2D eigenvalue weighted by molar-refractivity contribution is 5.19. The predicted octanol–water partition coefficient (Wildman–Crippen LogP) is 1.07. The van der Waals surface area contributed by atoms with Gasteiger partial charge in [0.2, 0.25) is 0 Å². The van der Waals surface area contributed by atoms with E-state index in [1.807, 2.05) is 12.1 Å². The smallest absolute Gasteiger partial charge is 0.180 e. The quantitative estimate of drug-likeness (QED) is 0.222. The molecule has 1 aliphatic rings. The fourth-order valence-electron chi connectivity index (χ4n) is 2.93. The Kier molecular flexibility index (Phi) is 11.5. The van der Waals surface area contributed by atoms with Crippen molar-refractivity contribution in [1.82, 2.24) is 15.3 Å². The number of hydrogen-bond donors (Lipinski definition) is 1. The SMILES string of the molecule is CN[C@H](CN1CCN(OCCOCCOCOOC)CC1)c1ccccc1. The molecule has 0 aromatic heterocycles. The molecule has 154 valence electrons. The number of hydroxylamine groups is 2. The van der Waals surface area contributed by atoms with E-state index >= 15 is 0 Å². The van der Waals surface area contributed by atoms with Crippen LogP contribution in [-0.2, 0) is 24.1 Å². The van der Waals surface area contributed by atoms with E-state index in [-0.39, 0.29) is 6.79 Å². The van der Waals surface area contributed by atoms with E-state index in [0.29, 0.717) is 32.5 Å². The van der Waals surface area contributed by atoms with Crippen LogP contribution in [0.2, 0.25) is 0 Å². The van der Waals surface area contributed by atoms with Gasteiger partial charge in [-0.3, -0.25) is 9.74 Å². The molecule has 0 amide bonds. The second kappa shape index (κ2) is 14.0. The van der Waals surface area contributed by atoms with Crippen molar-refractivity contribution in [3.05, 3.63) is 35.9 Å². The predicted molar refractivity (Wildman–Crippen MR) is 102 cm³/mol. The second-order valence-electron chi connectivity index (χ2n) is 6.24.